The summed E-state index contributed by atoms with van der Waals surface area (Å²) < 4.78 is 36.2. The first-order valence-corrected chi connectivity index (χ1v) is 2.91. The SMILES string of the molecule is NNc1nnccc1C(F)(F)F. The summed E-state index contributed by atoms with van der Waals surface area (Å²) in [4.78, 5) is 0. The Morgan fingerprint density at radius 1 is 1.42 bits per heavy atom. The zero-order valence-electron chi connectivity index (χ0n) is 5.76. The lowest BCUT2D eigenvalue weighted by atomic mass is 10.3. The number of hydrazine groups is 1. The van der Waals surface area contributed by atoms with E-state index in [1.165, 1.54) is 0 Å². The molecule has 0 aliphatic carbocycles. The molecular formula is C5H5F3N4. The van der Waals surface area contributed by atoms with Gasteiger partial charge >= 0.3 is 6.18 Å². The number of nitrogens with two attached hydrogens (primary N) is 1. The van der Waals surface area contributed by atoms with Crippen LogP contribution in [0.15, 0.2) is 12.3 Å². The van der Waals surface area contributed by atoms with Gasteiger partial charge in [-0.25, -0.2) is 5.84 Å². The highest BCUT2D eigenvalue weighted by Gasteiger charge is 2.34. The second-order valence-electron chi connectivity index (χ2n) is 1.94. The van der Waals surface area contributed by atoms with Crippen molar-refractivity contribution in [3.63, 3.8) is 0 Å². The van der Waals surface area contributed by atoms with Crippen LogP contribution in [0.2, 0.25) is 0 Å². The number of hydrogen-bond acceptors (Lipinski definition) is 4. The predicted octanol–water partition coefficient (Wildman–Crippen LogP) is 0.781. The van der Waals surface area contributed by atoms with E-state index >= 15 is 0 Å². The summed E-state index contributed by atoms with van der Waals surface area (Å²) in [6, 6.07) is 0.794. The molecule has 3 N–H and O–H groups in total. The maximum Gasteiger partial charge on any atom is 0.420 e. The molecule has 1 rings (SSSR count). The molecule has 1 aromatic heterocycles. The third-order valence-electron chi connectivity index (χ3n) is 1.16. The summed E-state index contributed by atoms with van der Waals surface area (Å²) in [5.74, 6) is 4.31. The fourth-order valence-corrected chi connectivity index (χ4v) is 0.667. The van der Waals surface area contributed by atoms with E-state index in [1.54, 1.807) is 0 Å². The highest BCUT2D eigenvalue weighted by molar-refractivity contribution is 5.42. The zero-order valence-corrected chi connectivity index (χ0v) is 5.76. The molecule has 1 heterocycles. The largest absolute Gasteiger partial charge is 0.420 e. The van der Waals surface area contributed by atoms with Crippen molar-refractivity contribution in [3.05, 3.63) is 17.8 Å². The van der Waals surface area contributed by atoms with Gasteiger partial charge in [-0.2, -0.15) is 18.3 Å². The van der Waals surface area contributed by atoms with Crippen LogP contribution in [0.1, 0.15) is 5.56 Å². The molecule has 0 saturated carbocycles. The number of hydrogen-bond donors (Lipinski definition) is 2. The van der Waals surface area contributed by atoms with Crippen molar-refractivity contribution in [1.29, 1.82) is 0 Å². The van der Waals surface area contributed by atoms with Gasteiger partial charge in [0, 0.05) is 0 Å². The van der Waals surface area contributed by atoms with Gasteiger partial charge < -0.3 is 5.43 Å². The molecule has 1 aromatic rings. The first-order valence-electron chi connectivity index (χ1n) is 2.91. The van der Waals surface area contributed by atoms with Gasteiger partial charge in [0.1, 0.15) is 5.56 Å². The molecule has 66 valence electrons. The number of aromatic nitrogens is 2. The van der Waals surface area contributed by atoms with Crippen LogP contribution in [0.25, 0.3) is 0 Å². The van der Waals surface area contributed by atoms with Crippen LogP contribution in [0.4, 0.5) is 19.0 Å². The van der Waals surface area contributed by atoms with Crippen LogP contribution in [0, 0.1) is 0 Å². The van der Waals surface area contributed by atoms with Crippen molar-refractivity contribution < 1.29 is 13.2 Å². The molecule has 0 aliphatic heterocycles. The molecule has 0 spiro atoms. The van der Waals surface area contributed by atoms with E-state index in [2.05, 4.69) is 10.2 Å². The lowest BCUT2D eigenvalue weighted by Crippen LogP contribution is -2.16. The predicted molar refractivity (Wildman–Crippen MR) is 34.8 cm³/mol. The average Bonchev–Trinajstić information content (AvgIpc) is 2.03. The van der Waals surface area contributed by atoms with E-state index in [4.69, 9.17) is 5.84 Å². The van der Waals surface area contributed by atoms with Crippen molar-refractivity contribution in [1.82, 2.24) is 10.2 Å². The van der Waals surface area contributed by atoms with Crippen molar-refractivity contribution in [2.45, 2.75) is 6.18 Å². The van der Waals surface area contributed by atoms with Gasteiger partial charge in [-0.05, 0) is 6.07 Å². The number of anilines is 1. The number of nitrogens with zero attached hydrogens (tertiary/aromatic N) is 2. The van der Waals surface area contributed by atoms with Gasteiger partial charge in [0.25, 0.3) is 0 Å². The second kappa shape index (κ2) is 2.94. The van der Waals surface area contributed by atoms with E-state index < -0.39 is 17.6 Å². The number of halogens is 3. The van der Waals surface area contributed by atoms with E-state index in [9.17, 15) is 13.2 Å². The Bertz CT molecular complexity index is 272. The highest BCUT2D eigenvalue weighted by atomic mass is 19.4. The Kier molecular flexibility index (Phi) is 2.13. The third-order valence-corrected chi connectivity index (χ3v) is 1.16. The molecule has 0 saturated heterocycles. The number of rotatable bonds is 1. The molecule has 12 heavy (non-hydrogen) atoms. The van der Waals surface area contributed by atoms with Gasteiger partial charge in [0.15, 0.2) is 5.82 Å². The minimum atomic E-state index is -4.46. The number of nitrogens with one attached hydrogen (secondary N) is 1. The minimum Gasteiger partial charge on any atom is -0.306 e. The molecule has 0 amide bonds. The Labute approximate surface area is 65.6 Å². The standard InChI is InChI=1S/C5H5F3N4/c6-5(7,8)3-1-2-10-12-4(3)11-9/h1-2H,9H2,(H,11,12). The zero-order chi connectivity index (χ0) is 9.19. The molecule has 0 radical (unpaired) electrons. The first kappa shape index (κ1) is 8.72. The lowest BCUT2D eigenvalue weighted by molar-refractivity contribution is -0.137. The first-order chi connectivity index (χ1) is 5.55. The Hall–Kier alpha value is -1.37. The van der Waals surface area contributed by atoms with Crippen molar-refractivity contribution >= 4 is 5.82 Å². The Morgan fingerprint density at radius 2 is 2.08 bits per heavy atom. The molecule has 0 aromatic carbocycles. The fourth-order valence-electron chi connectivity index (χ4n) is 0.667. The van der Waals surface area contributed by atoms with E-state index in [0.717, 1.165) is 12.3 Å². The van der Waals surface area contributed by atoms with Gasteiger partial charge in [-0.1, -0.05) is 0 Å². The molecular weight excluding hydrogens is 173 g/mol. The van der Waals surface area contributed by atoms with Gasteiger partial charge in [0.2, 0.25) is 0 Å². The van der Waals surface area contributed by atoms with Gasteiger partial charge in [0.05, 0.1) is 6.20 Å². The maximum absolute atomic E-state index is 12.1. The van der Waals surface area contributed by atoms with E-state index in [-0.39, 0.29) is 0 Å². The topological polar surface area (TPSA) is 63.8 Å². The average molecular weight is 178 g/mol. The molecule has 0 unspecified atom stereocenters. The minimum absolute atomic E-state index is 0.481. The number of alkyl halides is 3. The molecule has 0 aliphatic rings. The van der Waals surface area contributed by atoms with Crippen molar-refractivity contribution in [2.75, 3.05) is 5.43 Å². The van der Waals surface area contributed by atoms with E-state index in [1.807, 2.05) is 5.43 Å². The van der Waals surface area contributed by atoms with Crippen LogP contribution in [0.3, 0.4) is 0 Å². The lowest BCUT2D eigenvalue weighted by Gasteiger charge is -2.08. The van der Waals surface area contributed by atoms with Gasteiger partial charge in [-0.15, -0.1) is 5.10 Å². The summed E-state index contributed by atoms with van der Waals surface area (Å²) in [7, 11) is 0. The Morgan fingerprint density at radius 3 is 2.50 bits per heavy atom. The molecule has 0 fully saturated rings. The summed E-state index contributed by atoms with van der Waals surface area (Å²) >= 11 is 0. The van der Waals surface area contributed by atoms with Crippen LogP contribution in [-0.4, -0.2) is 10.2 Å². The van der Waals surface area contributed by atoms with Crippen LogP contribution in [-0.2, 0) is 6.18 Å². The molecule has 4 nitrogen and oxygen atoms in total. The third kappa shape index (κ3) is 1.62. The van der Waals surface area contributed by atoms with Gasteiger partial charge in [-0.3, -0.25) is 0 Å². The molecule has 7 heteroatoms. The normalized spacial score (nSPS) is 11.3. The van der Waals surface area contributed by atoms with Crippen LogP contribution < -0.4 is 11.3 Å². The molecule has 0 atom stereocenters. The van der Waals surface area contributed by atoms with Crippen molar-refractivity contribution in [3.8, 4) is 0 Å². The van der Waals surface area contributed by atoms with Crippen LogP contribution >= 0.6 is 0 Å². The van der Waals surface area contributed by atoms with Crippen molar-refractivity contribution in [2.24, 2.45) is 5.84 Å². The Balaban J connectivity index is 3.14. The maximum atomic E-state index is 12.1. The quantitative estimate of drug-likeness (QED) is 0.492. The molecule has 0 bridgehead atoms. The monoisotopic (exact) mass is 178 g/mol. The smallest absolute Gasteiger partial charge is 0.306 e. The second-order valence-corrected chi connectivity index (χ2v) is 1.94. The summed E-state index contributed by atoms with van der Waals surface area (Å²) in [5.41, 5.74) is 0.878. The number of nitrogen functional groups attached to an aromatic ring is 1. The summed E-state index contributed by atoms with van der Waals surface area (Å²) in [6.45, 7) is 0. The fraction of sp³-hybridized carbons (Fsp3) is 0.200. The highest BCUT2D eigenvalue weighted by Crippen LogP contribution is 2.32. The van der Waals surface area contributed by atoms with E-state index in [0.29, 0.717) is 0 Å². The summed E-state index contributed by atoms with van der Waals surface area (Å²) in [6.07, 6.45) is -3.51. The van der Waals surface area contributed by atoms with Crippen LogP contribution in [0.5, 0.6) is 0 Å². The summed E-state index contributed by atoms with van der Waals surface area (Å²) in [5, 5.41) is 6.39.